The summed E-state index contributed by atoms with van der Waals surface area (Å²) in [5, 5.41) is 0. The monoisotopic (exact) mass is 250 g/mol. The SMILES string of the molecule is Cc1ccccc1-n1sc(=O)n(C(C)C)c1=O. The van der Waals surface area contributed by atoms with Gasteiger partial charge in [-0.3, -0.25) is 4.79 Å². The van der Waals surface area contributed by atoms with Crippen LogP contribution in [0.3, 0.4) is 0 Å². The summed E-state index contributed by atoms with van der Waals surface area (Å²) in [5.74, 6) is 0. The Kier molecular flexibility index (Phi) is 3.02. The fourth-order valence-electron chi connectivity index (χ4n) is 1.71. The Morgan fingerprint density at radius 1 is 1.18 bits per heavy atom. The van der Waals surface area contributed by atoms with Gasteiger partial charge in [0.25, 0.3) is 0 Å². The van der Waals surface area contributed by atoms with Crippen molar-refractivity contribution < 1.29 is 0 Å². The van der Waals surface area contributed by atoms with Gasteiger partial charge in [-0.05, 0) is 32.4 Å². The molecule has 1 heterocycles. The van der Waals surface area contributed by atoms with Gasteiger partial charge in [0, 0.05) is 17.6 Å². The Morgan fingerprint density at radius 3 is 2.35 bits per heavy atom. The van der Waals surface area contributed by atoms with E-state index in [-0.39, 0.29) is 16.6 Å². The second-order valence-corrected chi connectivity index (χ2v) is 5.08. The summed E-state index contributed by atoms with van der Waals surface area (Å²) in [6, 6.07) is 7.42. The second-order valence-electron chi connectivity index (χ2n) is 4.18. The van der Waals surface area contributed by atoms with E-state index in [0.717, 1.165) is 22.8 Å². The maximum atomic E-state index is 12.1. The normalized spacial score (nSPS) is 11.1. The molecule has 4 nitrogen and oxygen atoms in total. The number of rotatable bonds is 2. The molecule has 0 aliphatic heterocycles. The van der Waals surface area contributed by atoms with Crippen LogP contribution in [-0.2, 0) is 0 Å². The van der Waals surface area contributed by atoms with Gasteiger partial charge in [0.2, 0.25) is 0 Å². The van der Waals surface area contributed by atoms with E-state index in [1.165, 1.54) is 8.52 Å². The number of hydrogen-bond acceptors (Lipinski definition) is 3. The third kappa shape index (κ3) is 1.98. The number of aryl methyl sites for hydroxylation is 1. The molecular formula is C12H14N2O2S. The highest BCUT2D eigenvalue weighted by Gasteiger charge is 2.14. The molecule has 0 aliphatic carbocycles. The summed E-state index contributed by atoms with van der Waals surface area (Å²) < 4.78 is 2.73. The minimum atomic E-state index is -0.260. The van der Waals surface area contributed by atoms with E-state index in [1.807, 2.05) is 45.0 Å². The molecule has 0 atom stereocenters. The van der Waals surface area contributed by atoms with Crippen molar-refractivity contribution in [3.63, 3.8) is 0 Å². The van der Waals surface area contributed by atoms with Gasteiger partial charge in [-0.1, -0.05) is 18.2 Å². The Hall–Kier alpha value is -1.62. The lowest BCUT2D eigenvalue weighted by molar-refractivity contribution is 0.560. The molecule has 0 aliphatic rings. The van der Waals surface area contributed by atoms with Crippen molar-refractivity contribution in [2.24, 2.45) is 0 Å². The van der Waals surface area contributed by atoms with Gasteiger partial charge in [-0.25, -0.2) is 13.3 Å². The van der Waals surface area contributed by atoms with Crippen molar-refractivity contribution in [3.8, 4) is 5.69 Å². The van der Waals surface area contributed by atoms with Crippen LogP contribution in [0.1, 0.15) is 25.5 Å². The molecule has 0 fully saturated rings. The lowest BCUT2D eigenvalue weighted by Gasteiger charge is -2.04. The molecule has 1 aromatic carbocycles. The minimum Gasteiger partial charge on any atom is -0.255 e. The van der Waals surface area contributed by atoms with Crippen molar-refractivity contribution in [3.05, 3.63) is 50.0 Å². The third-order valence-electron chi connectivity index (χ3n) is 2.60. The van der Waals surface area contributed by atoms with Crippen molar-refractivity contribution >= 4 is 11.5 Å². The molecule has 0 saturated heterocycles. The highest BCUT2D eigenvalue weighted by Crippen LogP contribution is 2.12. The van der Waals surface area contributed by atoms with Crippen LogP contribution in [-0.4, -0.2) is 8.52 Å². The predicted molar refractivity (Wildman–Crippen MR) is 69.3 cm³/mol. The maximum Gasteiger partial charge on any atom is 0.346 e. The molecular weight excluding hydrogens is 236 g/mol. The molecule has 2 rings (SSSR count). The largest absolute Gasteiger partial charge is 0.346 e. The summed E-state index contributed by atoms with van der Waals surface area (Å²) in [6.45, 7) is 5.58. The van der Waals surface area contributed by atoms with Gasteiger partial charge in [-0.2, -0.15) is 0 Å². The van der Waals surface area contributed by atoms with Crippen molar-refractivity contribution in [2.75, 3.05) is 0 Å². The average molecular weight is 250 g/mol. The van der Waals surface area contributed by atoms with Gasteiger partial charge in [0.05, 0.1) is 5.69 Å². The molecule has 2 aromatic rings. The summed E-state index contributed by atoms with van der Waals surface area (Å²) in [4.78, 5) is 23.7. The van der Waals surface area contributed by atoms with E-state index in [1.54, 1.807) is 0 Å². The zero-order chi connectivity index (χ0) is 12.6. The first-order valence-electron chi connectivity index (χ1n) is 5.43. The lowest BCUT2D eigenvalue weighted by atomic mass is 10.2. The zero-order valence-corrected chi connectivity index (χ0v) is 10.8. The first kappa shape index (κ1) is 11.9. The van der Waals surface area contributed by atoms with Crippen molar-refractivity contribution in [1.82, 2.24) is 8.52 Å². The Labute approximate surface area is 103 Å². The Bertz CT molecular complexity index is 649. The fraction of sp³-hybridized carbons (Fsp3) is 0.333. The summed E-state index contributed by atoms with van der Waals surface area (Å²) in [5.41, 5.74) is 1.50. The number of aromatic nitrogens is 2. The first-order valence-corrected chi connectivity index (χ1v) is 6.20. The summed E-state index contributed by atoms with van der Waals surface area (Å²) in [7, 11) is 0. The Morgan fingerprint density at radius 2 is 1.82 bits per heavy atom. The molecule has 17 heavy (non-hydrogen) atoms. The van der Waals surface area contributed by atoms with Crippen LogP contribution in [0.4, 0.5) is 0 Å². The van der Waals surface area contributed by atoms with E-state index in [2.05, 4.69) is 0 Å². The van der Waals surface area contributed by atoms with Crippen LogP contribution in [0.25, 0.3) is 5.69 Å². The number of para-hydroxylation sites is 1. The number of hydrogen-bond donors (Lipinski definition) is 0. The first-order chi connectivity index (χ1) is 8.02. The second kappa shape index (κ2) is 4.33. The standard InChI is InChI=1S/C12H14N2O2S/c1-8(2)13-11(15)14(17-12(13)16)10-7-5-4-6-9(10)3/h4-8H,1-3H3. The average Bonchev–Trinajstić information content (AvgIpc) is 2.55. The van der Waals surface area contributed by atoms with E-state index < -0.39 is 0 Å². The van der Waals surface area contributed by atoms with Crippen LogP contribution < -0.4 is 10.6 Å². The zero-order valence-electron chi connectivity index (χ0n) is 10.0. The maximum absolute atomic E-state index is 12.1. The lowest BCUT2D eigenvalue weighted by Crippen LogP contribution is -2.30. The van der Waals surface area contributed by atoms with Crippen LogP contribution >= 0.6 is 11.5 Å². The highest BCUT2D eigenvalue weighted by molar-refractivity contribution is 7.03. The smallest absolute Gasteiger partial charge is 0.255 e. The van der Waals surface area contributed by atoms with Gasteiger partial charge >= 0.3 is 10.6 Å². The molecule has 0 bridgehead atoms. The van der Waals surface area contributed by atoms with Gasteiger partial charge < -0.3 is 0 Å². The van der Waals surface area contributed by atoms with Crippen LogP contribution in [0.15, 0.2) is 33.9 Å². The van der Waals surface area contributed by atoms with E-state index in [0.29, 0.717) is 0 Å². The quantitative estimate of drug-likeness (QED) is 0.817. The van der Waals surface area contributed by atoms with E-state index in [9.17, 15) is 9.59 Å². The topological polar surface area (TPSA) is 44.0 Å². The minimum absolute atomic E-state index is 0.114. The summed E-state index contributed by atoms with van der Waals surface area (Å²) in [6.07, 6.45) is 0. The molecule has 1 aromatic heterocycles. The van der Waals surface area contributed by atoms with Gasteiger partial charge in [0.1, 0.15) is 0 Å². The highest BCUT2D eigenvalue weighted by atomic mass is 32.1. The van der Waals surface area contributed by atoms with Gasteiger partial charge in [0.15, 0.2) is 0 Å². The summed E-state index contributed by atoms with van der Waals surface area (Å²) >= 11 is 0.948. The molecule has 0 unspecified atom stereocenters. The van der Waals surface area contributed by atoms with Crippen LogP contribution in [0.2, 0.25) is 0 Å². The molecule has 0 radical (unpaired) electrons. The van der Waals surface area contributed by atoms with E-state index >= 15 is 0 Å². The van der Waals surface area contributed by atoms with E-state index in [4.69, 9.17) is 0 Å². The van der Waals surface area contributed by atoms with Crippen molar-refractivity contribution in [2.45, 2.75) is 26.8 Å². The number of benzene rings is 1. The number of nitrogens with zero attached hydrogens (tertiary/aromatic N) is 2. The molecule has 0 amide bonds. The fourth-order valence-corrected chi connectivity index (χ4v) is 2.71. The molecule has 5 heteroatoms. The molecule has 90 valence electrons. The molecule has 0 saturated carbocycles. The predicted octanol–water partition coefficient (Wildman–Crippen LogP) is 1.95. The molecule has 0 spiro atoms. The van der Waals surface area contributed by atoms with Gasteiger partial charge in [-0.15, -0.1) is 0 Å². The van der Waals surface area contributed by atoms with Crippen LogP contribution in [0, 0.1) is 6.92 Å². The van der Waals surface area contributed by atoms with Crippen molar-refractivity contribution in [1.29, 1.82) is 0 Å². The van der Waals surface area contributed by atoms with Crippen LogP contribution in [0.5, 0.6) is 0 Å². The molecule has 0 N–H and O–H groups in total. The third-order valence-corrected chi connectivity index (χ3v) is 3.48. The Balaban J connectivity index is 2.72.